The Hall–Kier alpha value is -4.26. The van der Waals surface area contributed by atoms with Crippen LogP contribution in [-0.4, -0.2) is 21.6 Å². The largest absolute Gasteiger partial charge is 0.342 e. The van der Waals surface area contributed by atoms with Crippen LogP contribution in [0.15, 0.2) is 84.1 Å². The zero-order valence-corrected chi connectivity index (χ0v) is 17.6. The highest BCUT2D eigenvalue weighted by Crippen LogP contribution is 2.22. The summed E-state index contributed by atoms with van der Waals surface area (Å²) in [7, 11) is 0. The first-order valence-corrected chi connectivity index (χ1v) is 10.2. The second-order valence-corrected chi connectivity index (χ2v) is 7.57. The predicted octanol–water partition coefficient (Wildman–Crippen LogP) is 4.60. The number of aromatic nitrogens is 1. The molecule has 1 heterocycles. The highest BCUT2D eigenvalue weighted by Gasteiger charge is 2.15. The molecule has 0 saturated heterocycles. The smallest absolute Gasteiger partial charge is 0.273 e. The number of hydrogen-bond acceptors (Lipinski definition) is 4. The molecular formula is C25H22N4O3. The number of nitrogens with zero attached hydrogens (tertiary/aromatic N) is 3. The van der Waals surface area contributed by atoms with E-state index in [4.69, 9.17) is 0 Å². The number of rotatable bonds is 7. The molecule has 0 aliphatic carbocycles. The fourth-order valence-electron chi connectivity index (χ4n) is 3.74. The maximum Gasteiger partial charge on any atom is 0.273 e. The summed E-state index contributed by atoms with van der Waals surface area (Å²) in [6, 6.07) is 22.6. The molecule has 4 rings (SSSR count). The van der Waals surface area contributed by atoms with E-state index in [1.54, 1.807) is 24.4 Å². The molecule has 160 valence electrons. The predicted molar refractivity (Wildman–Crippen MR) is 125 cm³/mol. The Kier molecular flexibility index (Phi) is 6.07. The lowest BCUT2D eigenvalue weighted by molar-refractivity contribution is -0.385. The highest BCUT2D eigenvalue weighted by atomic mass is 16.6. The van der Waals surface area contributed by atoms with Gasteiger partial charge in [0.15, 0.2) is 0 Å². The fourth-order valence-corrected chi connectivity index (χ4v) is 3.74. The molecule has 7 heteroatoms. The molecule has 32 heavy (non-hydrogen) atoms. The highest BCUT2D eigenvalue weighted by molar-refractivity contribution is 5.99. The van der Waals surface area contributed by atoms with Gasteiger partial charge in [-0.3, -0.25) is 14.9 Å². The van der Waals surface area contributed by atoms with Crippen LogP contribution in [0.3, 0.4) is 0 Å². The van der Waals surface area contributed by atoms with Gasteiger partial charge in [0.1, 0.15) is 0 Å². The van der Waals surface area contributed by atoms with Crippen molar-refractivity contribution in [1.29, 1.82) is 0 Å². The zero-order chi connectivity index (χ0) is 22.5. The lowest BCUT2D eigenvalue weighted by Gasteiger charge is -2.06. The summed E-state index contributed by atoms with van der Waals surface area (Å²) in [6.07, 6.45) is 3.49. The molecule has 0 bridgehead atoms. The van der Waals surface area contributed by atoms with Crippen LogP contribution >= 0.6 is 0 Å². The van der Waals surface area contributed by atoms with Crippen LogP contribution in [0, 0.1) is 17.0 Å². The number of para-hydroxylation sites is 2. The second kappa shape index (κ2) is 9.26. The molecule has 0 fully saturated rings. The van der Waals surface area contributed by atoms with Crippen molar-refractivity contribution in [2.24, 2.45) is 5.10 Å². The topological polar surface area (TPSA) is 89.5 Å². The maximum absolute atomic E-state index is 12.3. The number of nitro groups is 1. The van der Waals surface area contributed by atoms with Crippen molar-refractivity contribution in [2.45, 2.75) is 19.9 Å². The lowest BCUT2D eigenvalue weighted by Crippen LogP contribution is -2.20. The lowest BCUT2D eigenvalue weighted by atomic mass is 10.1. The summed E-state index contributed by atoms with van der Waals surface area (Å²) in [5, 5.41) is 16.2. The van der Waals surface area contributed by atoms with E-state index >= 15 is 0 Å². The number of fused-ring (bicyclic) bond motifs is 1. The molecule has 0 radical (unpaired) electrons. The van der Waals surface area contributed by atoms with Gasteiger partial charge in [-0.15, -0.1) is 0 Å². The molecule has 0 aliphatic heterocycles. The molecule has 1 aromatic heterocycles. The van der Waals surface area contributed by atoms with Gasteiger partial charge < -0.3 is 4.57 Å². The van der Waals surface area contributed by atoms with Gasteiger partial charge in [0.05, 0.1) is 17.6 Å². The van der Waals surface area contributed by atoms with E-state index in [1.165, 1.54) is 17.2 Å². The molecule has 7 nitrogen and oxygen atoms in total. The van der Waals surface area contributed by atoms with Crippen molar-refractivity contribution in [1.82, 2.24) is 9.99 Å². The monoisotopic (exact) mass is 426 g/mol. The summed E-state index contributed by atoms with van der Waals surface area (Å²) in [6.45, 7) is 2.79. The number of carbonyl (C=O) groups excluding carboxylic acids is 1. The second-order valence-electron chi connectivity index (χ2n) is 7.57. The first-order chi connectivity index (χ1) is 15.5. The van der Waals surface area contributed by atoms with Gasteiger partial charge in [-0.05, 0) is 18.6 Å². The van der Waals surface area contributed by atoms with E-state index in [2.05, 4.69) is 46.3 Å². The first kappa shape index (κ1) is 21.0. The van der Waals surface area contributed by atoms with E-state index < -0.39 is 10.8 Å². The Bertz CT molecular complexity index is 1320. The van der Waals surface area contributed by atoms with Crippen molar-refractivity contribution < 1.29 is 9.72 Å². The molecule has 0 saturated carbocycles. The summed E-state index contributed by atoms with van der Waals surface area (Å²) in [4.78, 5) is 22.9. The molecule has 0 spiro atoms. The minimum absolute atomic E-state index is 0.0779. The van der Waals surface area contributed by atoms with Crippen LogP contribution < -0.4 is 5.43 Å². The Balaban J connectivity index is 1.51. The number of carbonyl (C=O) groups is 1. The number of nitrogens with one attached hydrogen (secondary N) is 1. The van der Waals surface area contributed by atoms with Crippen molar-refractivity contribution >= 4 is 28.7 Å². The van der Waals surface area contributed by atoms with Gasteiger partial charge in [-0.2, -0.15) is 5.10 Å². The number of nitro benzene ring substituents is 1. The van der Waals surface area contributed by atoms with Gasteiger partial charge >= 0.3 is 0 Å². The molecule has 1 N–H and O–H groups in total. The molecule has 1 amide bonds. The molecule has 0 unspecified atom stereocenters. The third-order valence-electron chi connectivity index (χ3n) is 5.19. The Labute approximate surface area is 185 Å². The molecule has 0 atom stereocenters. The summed E-state index contributed by atoms with van der Waals surface area (Å²) in [5.74, 6) is -0.418. The van der Waals surface area contributed by atoms with Gasteiger partial charge in [0.25, 0.3) is 5.69 Å². The van der Waals surface area contributed by atoms with Crippen LogP contribution in [0.25, 0.3) is 10.9 Å². The van der Waals surface area contributed by atoms with Crippen LogP contribution in [-0.2, 0) is 17.8 Å². The van der Waals surface area contributed by atoms with Crippen molar-refractivity contribution in [3.8, 4) is 0 Å². The minimum Gasteiger partial charge on any atom is -0.342 e. The average Bonchev–Trinajstić information content (AvgIpc) is 3.11. The zero-order valence-electron chi connectivity index (χ0n) is 17.6. The number of amides is 1. The van der Waals surface area contributed by atoms with Crippen LogP contribution in [0.2, 0.25) is 0 Å². The Morgan fingerprint density at radius 1 is 1.09 bits per heavy atom. The SMILES string of the molecule is Cc1cccc(Cn2cc(C=NNC(=O)Cc3ccccc3[N+](=O)[O-])c3ccccc32)c1. The van der Waals surface area contributed by atoms with Crippen molar-refractivity contribution in [3.63, 3.8) is 0 Å². The minimum atomic E-state index is -0.491. The average molecular weight is 426 g/mol. The van der Waals surface area contributed by atoms with E-state index in [9.17, 15) is 14.9 Å². The summed E-state index contributed by atoms with van der Waals surface area (Å²) < 4.78 is 2.15. The third kappa shape index (κ3) is 4.73. The number of hydrazone groups is 1. The normalized spacial score (nSPS) is 11.2. The molecule has 3 aromatic carbocycles. The third-order valence-corrected chi connectivity index (χ3v) is 5.19. The van der Waals surface area contributed by atoms with E-state index in [0.717, 1.165) is 23.0 Å². The van der Waals surface area contributed by atoms with Gasteiger partial charge in [0, 0.05) is 40.8 Å². The van der Waals surface area contributed by atoms with Crippen molar-refractivity contribution in [3.05, 3.63) is 111 Å². The van der Waals surface area contributed by atoms with E-state index in [0.29, 0.717) is 5.56 Å². The summed E-state index contributed by atoms with van der Waals surface area (Å²) >= 11 is 0. The quantitative estimate of drug-likeness (QED) is 0.266. The van der Waals surface area contributed by atoms with Crippen LogP contribution in [0.5, 0.6) is 0 Å². The van der Waals surface area contributed by atoms with E-state index in [-0.39, 0.29) is 12.1 Å². The van der Waals surface area contributed by atoms with E-state index in [1.807, 2.05) is 30.5 Å². The van der Waals surface area contributed by atoms with Gasteiger partial charge in [-0.25, -0.2) is 5.43 Å². The first-order valence-electron chi connectivity index (χ1n) is 10.2. The fraction of sp³-hybridized carbons (Fsp3) is 0.120. The van der Waals surface area contributed by atoms with Crippen LogP contribution in [0.4, 0.5) is 5.69 Å². The van der Waals surface area contributed by atoms with Gasteiger partial charge in [-0.1, -0.05) is 66.2 Å². The Morgan fingerprint density at radius 2 is 1.88 bits per heavy atom. The van der Waals surface area contributed by atoms with Gasteiger partial charge in [0.2, 0.25) is 5.91 Å². The molecular weight excluding hydrogens is 404 g/mol. The number of aryl methyl sites for hydroxylation is 1. The number of benzene rings is 3. The van der Waals surface area contributed by atoms with Crippen molar-refractivity contribution in [2.75, 3.05) is 0 Å². The maximum atomic E-state index is 12.3. The Morgan fingerprint density at radius 3 is 2.69 bits per heavy atom. The summed E-state index contributed by atoms with van der Waals surface area (Å²) in [5.41, 5.74) is 7.10. The number of hydrogen-bond donors (Lipinski definition) is 1. The van der Waals surface area contributed by atoms with Crippen LogP contribution in [0.1, 0.15) is 22.3 Å². The standard InChI is InChI=1S/C25H22N4O3/c1-18-7-6-8-19(13-18)16-28-17-21(22-10-3-5-12-24(22)28)15-26-27-25(30)14-20-9-2-4-11-23(20)29(31)32/h2-13,15,17H,14,16H2,1H3,(H,27,30). The molecule has 0 aliphatic rings. The molecule has 4 aromatic rings.